The molecule has 33 heavy (non-hydrogen) atoms. The summed E-state index contributed by atoms with van der Waals surface area (Å²) < 4.78 is 38.3. The maximum absolute atomic E-state index is 12.8. The number of anilines is 2. The van der Waals surface area contributed by atoms with Crippen molar-refractivity contribution in [1.29, 1.82) is 0 Å². The Kier molecular flexibility index (Phi) is 6.33. The fraction of sp³-hybridized carbons (Fsp3) is 0.292. The van der Waals surface area contributed by atoms with Gasteiger partial charge in [0.1, 0.15) is 11.5 Å². The average Bonchev–Trinajstić information content (AvgIpc) is 2.80. The van der Waals surface area contributed by atoms with Crippen LogP contribution in [0.1, 0.15) is 40.6 Å². The largest absolute Gasteiger partial charge is 0.433 e. The molecule has 2 N–H and O–H groups in total. The number of aryl methyl sites for hydroxylation is 2. The number of rotatable bonds is 5. The summed E-state index contributed by atoms with van der Waals surface area (Å²) in [6.45, 7) is 2.94. The molecule has 0 fully saturated rings. The maximum Gasteiger partial charge on any atom is 0.433 e. The molecule has 2 aromatic heterocycles. The van der Waals surface area contributed by atoms with E-state index in [1.54, 1.807) is 30.3 Å². The van der Waals surface area contributed by atoms with Gasteiger partial charge in [-0.1, -0.05) is 36.4 Å². The van der Waals surface area contributed by atoms with Crippen LogP contribution in [-0.2, 0) is 23.9 Å². The van der Waals surface area contributed by atoms with E-state index in [0.29, 0.717) is 29.9 Å². The number of hydrogen-bond donors (Lipinski definition) is 2. The molecule has 172 valence electrons. The molecular weight excluding hydrogens is 433 g/mol. The molecule has 1 atom stereocenters. The molecule has 1 aliphatic heterocycles. The first-order valence-corrected chi connectivity index (χ1v) is 10.5. The number of alkyl halides is 3. The molecular formula is C24H23F3N4O2. The van der Waals surface area contributed by atoms with Crippen LogP contribution in [-0.4, -0.2) is 27.5 Å². The summed E-state index contributed by atoms with van der Waals surface area (Å²) in [6, 6.07) is 13.0. The predicted octanol–water partition coefficient (Wildman–Crippen LogP) is 4.43. The number of hydrogen-bond acceptors (Lipinski definition) is 5. The van der Waals surface area contributed by atoms with Crippen LogP contribution in [0.25, 0.3) is 0 Å². The predicted molar refractivity (Wildman–Crippen MR) is 118 cm³/mol. The SMILES string of the molecule is Cc1cc2c(nc1NC(=O)[C@H](O)c1ccccc1)CCCN2Cc1ccc(C(F)(F)F)nc1. The van der Waals surface area contributed by atoms with Gasteiger partial charge in [-0.15, -0.1) is 0 Å². The number of nitrogens with one attached hydrogen (secondary N) is 1. The molecule has 1 aromatic carbocycles. The Hall–Kier alpha value is -3.46. The minimum atomic E-state index is -4.47. The molecule has 0 saturated carbocycles. The highest BCUT2D eigenvalue weighted by molar-refractivity contribution is 5.94. The summed E-state index contributed by atoms with van der Waals surface area (Å²) in [5.41, 5.74) is 2.62. The van der Waals surface area contributed by atoms with Crippen molar-refractivity contribution in [1.82, 2.24) is 9.97 Å². The zero-order valence-electron chi connectivity index (χ0n) is 17.9. The highest BCUT2D eigenvalue weighted by Crippen LogP contribution is 2.32. The van der Waals surface area contributed by atoms with Crippen molar-refractivity contribution >= 4 is 17.4 Å². The van der Waals surface area contributed by atoms with Gasteiger partial charge in [-0.25, -0.2) is 4.98 Å². The Morgan fingerprint density at radius 1 is 1.21 bits per heavy atom. The van der Waals surface area contributed by atoms with Crippen molar-refractivity contribution in [3.63, 3.8) is 0 Å². The summed E-state index contributed by atoms with van der Waals surface area (Å²) in [7, 11) is 0. The van der Waals surface area contributed by atoms with Crippen molar-refractivity contribution < 1.29 is 23.1 Å². The number of fused-ring (bicyclic) bond motifs is 1. The van der Waals surface area contributed by atoms with E-state index in [2.05, 4.69) is 15.3 Å². The quantitative estimate of drug-likeness (QED) is 0.594. The molecule has 0 bridgehead atoms. The Bertz CT molecular complexity index is 1130. The van der Waals surface area contributed by atoms with Crippen molar-refractivity contribution in [3.8, 4) is 0 Å². The van der Waals surface area contributed by atoms with Gasteiger partial charge in [0.2, 0.25) is 0 Å². The molecule has 3 aromatic rings. The Balaban J connectivity index is 1.51. The van der Waals surface area contributed by atoms with Crippen LogP contribution in [0.4, 0.5) is 24.7 Å². The van der Waals surface area contributed by atoms with E-state index >= 15 is 0 Å². The third-order valence-corrected chi connectivity index (χ3v) is 5.55. The summed E-state index contributed by atoms with van der Waals surface area (Å²) >= 11 is 0. The second-order valence-electron chi connectivity index (χ2n) is 8.00. The van der Waals surface area contributed by atoms with Crippen LogP contribution in [0.2, 0.25) is 0 Å². The topological polar surface area (TPSA) is 78.3 Å². The highest BCUT2D eigenvalue weighted by atomic mass is 19.4. The first kappa shape index (κ1) is 22.7. The monoisotopic (exact) mass is 456 g/mol. The van der Waals surface area contributed by atoms with Crippen LogP contribution in [0.5, 0.6) is 0 Å². The van der Waals surface area contributed by atoms with Gasteiger partial charge in [0, 0.05) is 19.3 Å². The smallest absolute Gasteiger partial charge is 0.378 e. The van der Waals surface area contributed by atoms with Crippen molar-refractivity contribution in [2.75, 3.05) is 16.8 Å². The molecule has 6 nitrogen and oxygen atoms in total. The Labute approximate surface area is 189 Å². The lowest BCUT2D eigenvalue weighted by atomic mass is 10.0. The number of aliphatic hydroxyl groups excluding tert-OH is 1. The van der Waals surface area contributed by atoms with Gasteiger partial charge < -0.3 is 15.3 Å². The van der Waals surface area contributed by atoms with Crippen LogP contribution in [0.3, 0.4) is 0 Å². The molecule has 0 saturated heterocycles. The minimum absolute atomic E-state index is 0.381. The number of carbonyl (C=O) groups is 1. The lowest BCUT2D eigenvalue weighted by molar-refractivity contribution is -0.141. The summed E-state index contributed by atoms with van der Waals surface area (Å²) in [5.74, 6) is -0.188. The third-order valence-electron chi connectivity index (χ3n) is 5.55. The van der Waals surface area contributed by atoms with Gasteiger partial charge in [0.25, 0.3) is 5.91 Å². The van der Waals surface area contributed by atoms with Crippen molar-refractivity contribution in [2.45, 2.75) is 38.6 Å². The standard InChI is InChI=1S/C24H23F3N4O2/c1-15-12-19-18(29-22(15)30-23(33)21(32)17-6-3-2-4-7-17)8-5-11-31(19)14-16-9-10-20(28-13-16)24(25,26)27/h2-4,6-7,9-10,12-13,21,32H,5,8,11,14H2,1H3,(H,29,30,33)/t21-/m1/s1. The molecule has 0 unspecified atom stereocenters. The van der Waals surface area contributed by atoms with E-state index in [9.17, 15) is 23.1 Å². The maximum atomic E-state index is 12.8. The summed E-state index contributed by atoms with van der Waals surface area (Å²) in [4.78, 5) is 22.7. The minimum Gasteiger partial charge on any atom is -0.378 e. The van der Waals surface area contributed by atoms with E-state index in [0.717, 1.165) is 36.0 Å². The molecule has 0 aliphatic carbocycles. The molecule has 3 heterocycles. The number of carbonyl (C=O) groups excluding carboxylic acids is 1. The average molecular weight is 456 g/mol. The Morgan fingerprint density at radius 2 is 1.97 bits per heavy atom. The molecule has 4 rings (SSSR count). The number of halogens is 3. The number of pyridine rings is 2. The third kappa shape index (κ3) is 5.14. The first-order chi connectivity index (χ1) is 15.7. The number of aliphatic hydroxyl groups is 1. The second kappa shape index (κ2) is 9.19. The highest BCUT2D eigenvalue weighted by Gasteiger charge is 2.32. The van der Waals surface area contributed by atoms with Crippen molar-refractivity contribution in [3.05, 3.63) is 82.8 Å². The summed E-state index contributed by atoms with van der Waals surface area (Å²) in [5, 5.41) is 13.0. The van der Waals surface area contributed by atoms with Gasteiger partial charge in [-0.05, 0) is 48.6 Å². The number of amides is 1. The van der Waals surface area contributed by atoms with Crippen molar-refractivity contribution in [2.24, 2.45) is 0 Å². The van der Waals surface area contributed by atoms with Crippen LogP contribution >= 0.6 is 0 Å². The van der Waals surface area contributed by atoms with Gasteiger partial charge in [0.05, 0.1) is 11.4 Å². The fourth-order valence-corrected chi connectivity index (χ4v) is 3.82. The van der Waals surface area contributed by atoms with E-state index in [4.69, 9.17) is 0 Å². The van der Waals surface area contributed by atoms with Gasteiger partial charge in [-0.3, -0.25) is 9.78 Å². The number of nitrogens with zero attached hydrogens (tertiary/aromatic N) is 3. The second-order valence-corrected chi connectivity index (χ2v) is 8.00. The van der Waals surface area contributed by atoms with Crippen LogP contribution < -0.4 is 10.2 Å². The van der Waals surface area contributed by atoms with Crippen LogP contribution in [0, 0.1) is 6.92 Å². The normalized spacial score (nSPS) is 14.5. The van der Waals surface area contributed by atoms with Gasteiger partial charge in [0.15, 0.2) is 6.10 Å². The first-order valence-electron chi connectivity index (χ1n) is 10.5. The number of benzene rings is 1. The van der Waals surface area contributed by atoms with E-state index in [1.165, 1.54) is 12.3 Å². The van der Waals surface area contributed by atoms with Gasteiger partial charge in [-0.2, -0.15) is 13.2 Å². The zero-order valence-corrected chi connectivity index (χ0v) is 17.9. The lowest BCUT2D eigenvalue weighted by Crippen LogP contribution is -2.30. The molecule has 9 heteroatoms. The van der Waals surface area contributed by atoms with E-state index in [-0.39, 0.29) is 0 Å². The van der Waals surface area contributed by atoms with Crippen LogP contribution in [0.15, 0.2) is 54.7 Å². The summed E-state index contributed by atoms with van der Waals surface area (Å²) in [6.07, 6.45) is -3.01. The molecule has 1 amide bonds. The molecule has 0 radical (unpaired) electrons. The lowest BCUT2D eigenvalue weighted by Gasteiger charge is -2.31. The van der Waals surface area contributed by atoms with E-state index < -0.39 is 23.9 Å². The Morgan fingerprint density at radius 3 is 2.64 bits per heavy atom. The fourth-order valence-electron chi connectivity index (χ4n) is 3.82. The van der Waals surface area contributed by atoms with E-state index in [1.807, 2.05) is 17.9 Å². The zero-order chi connectivity index (χ0) is 23.6. The molecule has 0 spiro atoms. The molecule has 1 aliphatic rings. The van der Waals surface area contributed by atoms with Gasteiger partial charge >= 0.3 is 6.18 Å². The number of aromatic nitrogens is 2.